The van der Waals surface area contributed by atoms with Gasteiger partial charge in [0.2, 0.25) is 5.76 Å². The molecule has 1 aromatic heterocycles. The average Bonchev–Trinajstić information content (AvgIpc) is 3.30. The summed E-state index contributed by atoms with van der Waals surface area (Å²) in [5.74, 6) is -0.167. The number of halogens is 1. The van der Waals surface area contributed by atoms with E-state index in [-0.39, 0.29) is 23.0 Å². The summed E-state index contributed by atoms with van der Waals surface area (Å²) in [4.78, 5) is 30.4. The summed E-state index contributed by atoms with van der Waals surface area (Å²) < 4.78 is 30.8. The third-order valence-electron chi connectivity index (χ3n) is 6.44. The van der Waals surface area contributed by atoms with Gasteiger partial charge in [-0.3, -0.25) is 9.59 Å². The van der Waals surface area contributed by atoms with Crippen LogP contribution in [0.2, 0.25) is 0 Å². The van der Waals surface area contributed by atoms with Gasteiger partial charge in [0.25, 0.3) is 11.8 Å². The highest BCUT2D eigenvalue weighted by molar-refractivity contribution is 6.15. The molecule has 1 aliphatic rings. The van der Waals surface area contributed by atoms with E-state index < -0.39 is 5.91 Å². The lowest BCUT2D eigenvalue weighted by atomic mass is 10.1. The van der Waals surface area contributed by atoms with Crippen molar-refractivity contribution < 1.29 is 27.9 Å². The van der Waals surface area contributed by atoms with E-state index in [1.165, 1.54) is 20.3 Å². The maximum Gasteiger partial charge on any atom is 0.291 e. The summed E-state index contributed by atoms with van der Waals surface area (Å²) in [6, 6.07) is 18.6. The van der Waals surface area contributed by atoms with Gasteiger partial charge in [0.1, 0.15) is 28.6 Å². The van der Waals surface area contributed by atoms with E-state index in [4.69, 9.17) is 13.9 Å². The van der Waals surface area contributed by atoms with Crippen molar-refractivity contribution in [3.8, 4) is 11.5 Å². The molecule has 2 amide bonds. The van der Waals surface area contributed by atoms with Crippen LogP contribution in [0.3, 0.4) is 0 Å². The molecule has 8 nitrogen and oxygen atoms in total. The number of benzene rings is 3. The topological polar surface area (TPSA) is 84.3 Å². The predicted octanol–water partition coefficient (Wildman–Crippen LogP) is 4.80. The highest BCUT2D eigenvalue weighted by Gasteiger charge is 2.30. The zero-order chi connectivity index (χ0) is 25.9. The van der Waals surface area contributed by atoms with E-state index in [0.717, 1.165) is 0 Å². The molecule has 0 bridgehead atoms. The zero-order valence-corrected chi connectivity index (χ0v) is 20.5. The van der Waals surface area contributed by atoms with E-state index >= 15 is 0 Å². The molecule has 0 saturated carbocycles. The van der Waals surface area contributed by atoms with Crippen LogP contribution in [0.4, 0.5) is 15.8 Å². The molecule has 2 heterocycles. The summed E-state index contributed by atoms with van der Waals surface area (Å²) in [5, 5.41) is 3.47. The van der Waals surface area contributed by atoms with Gasteiger partial charge in [0, 0.05) is 37.6 Å². The molecule has 9 heteroatoms. The lowest BCUT2D eigenvalue weighted by Crippen LogP contribution is -2.49. The normalized spacial score (nSPS) is 13.5. The van der Waals surface area contributed by atoms with Crippen LogP contribution in [0.25, 0.3) is 11.0 Å². The lowest BCUT2D eigenvalue weighted by molar-refractivity contribution is 0.0718. The zero-order valence-electron chi connectivity index (χ0n) is 20.5. The number of anilines is 2. The Morgan fingerprint density at radius 1 is 0.919 bits per heavy atom. The van der Waals surface area contributed by atoms with Crippen LogP contribution >= 0.6 is 0 Å². The number of furan rings is 1. The molecule has 0 aliphatic carbocycles. The molecule has 3 aromatic carbocycles. The minimum absolute atomic E-state index is 0.0429. The first-order valence-corrected chi connectivity index (χ1v) is 11.8. The molecular formula is C28H26FN3O5. The third-order valence-corrected chi connectivity index (χ3v) is 6.44. The molecule has 37 heavy (non-hydrogen) atoms. The Kier molecular flexibility index (Phi) is 6.68. The number of amides is 2. The van der Waals surface area contributed by atoms with Crippen molar-refractivity contribution in [2.45, 2.75) is 0 Å². The number of rotatable bonds is 6. The van der Waals surface area contributed by atoms with E-state index in [2.05, 4.69) is 5.32 Å². The number of hydrogen-bond acceptors (Lipinski definition) is 6. The number of hydrogen-bond donors (Lipinski definition) is 1. The summed E-state index contributed by atoms with van der Waals surface area (Å²) in [6.07, 6.45) is 0. The van der Waals surface area contributed by atoms with Crippen LogP contribution in [0, 0.1) is 5.82 Å². The molecule has 0 radical (unpaired) electrons. The fourth-order valence-corrected chi connectivity index (χ4v) is 4.49. The molecular weight excluding hydrogens is 477 g/mol. The molecule has 0 spiro atoms. The van der Waals surface area contributed by atoms with E-state index in [9.17, 15) is 14.0 Å². The fourth-order valence-electron chi connectivity index (χ4n) is 4.49. The Balaban J connectivity index is 1.41. The summed E-state index contributed by atoms with van der Waals surface area (Å²) in [5.41, 5.74) is 1.57. The molecule has 5 rings (SSSR count). The number of nitrogens with one attached hydrogen (secondary N) is 1. The SMILES string of the molecule is COc1ccc(C(=O)Nc2c(C(=O)N3CCN(c4ccccc4F)CC3)oc3ccccc23)c(OC)c1. The van der Waals surface area contributed by atoms with Crippen molar-refractivity contribution in [1.82, 2.24) is 4.90 Å². The van der Waals surface area contributed by atoms with Crippen LogP contribution in [0.1, 0.15) is 20.9 Å². The Morgan fingerprint density at radius 2 is 1.65 bits per heavy atom. The van der Waals surface area contributed by atoms with Gasteiger partial charge in [0.05, 0.1) is 25.5 Å². The molecule has 1 N–H and O–H groups in total. The molecule has 190 valence electrons. The number of carbonyl (C=O) groups is 2. The average molecular weight is 504 g/mol. The number of fused-ring (bicyclic) bond motifs is 1. The predicted molar refractivity (Wildman–Crippen MR) is 138 cm³/mol. The van der Waals surface area contributed by atoms with Crippen LogP contribution in [0.5, 0.6) is 11.5 Å². The first kappa shape index (κ1) is 24.2. The fraction of sp³-hybridized carbons (Fsp3) is 0.214. The van der Waals surface area contributed by atoms with E-state index in [1.54, 1.807) is 59.5 Å². The van der Waals surface area contributed by atoms with E-state index in [0.29, 0.717) is 60.0 Å². The highest BCUT2D eigenvalue weighted by atomic mass is 19.1. The molecule has 1 fully saturated rings. The van der Waals surface area contributed by atoms with Crippen molar-refractivity contribution in [3.63, 3.8) is 0 Å². The van der Waals surface area contributed by atoms with Gasteiger partial charge in [0.15, 0.2) is 0 Å². The van der Waals surface area contributed by atoms with E-state index in [1.807, 2.05) is 11.0 Å². The Labute approximate surface area is 213 Å². The first-order valence-electron chi connectivity index (χ1n) is 11.8. The number of methoxy groups -OCH3 is 2. The third kappa shape index (κ3) is 4.67. The largest absolute Gasteiger partial charge is 0.497 e. The second-order valence-electron chi connectivity index (χ2n) is 8.55. The lowest BCUT2D eigenvalue weighted by Gasteiger charge is -2.35. The summed E-state index contributed by atoms with van der Waals surface area (Å²) in [6.45, 7) is 1.70. The molecule has 0 unspecified atom stereocenters. The molecule has 0 atom stereocenters. The van der Waals surface area contributed by atoms with Gasteiger partial charge >= 0.3 is 0 Å². The van der Waals surface area contributed by atoms with Crippen LogP contribution < -0.4 is 19.7 Å². The smallest absolute Gasteiger partial charge is 0.291 e. The van der Waals surface area contributed by atoms with Gasteiger partial charge in [-0.15, -0.1) is 0 Å². The Bertz CT molecular complexity index is 1460. The van der Waals surface area contributed by atoms with Crippen molar-refractivity contribution in [1.29, 1.82) is 0 Å². The highest BCUT2D eigenvalue weighted by Crippen LogP contribution is 2.34. The summed E-state index contributed by atoms with van der Waals surface area (Å²) in [7, 11) is 2.99. The number of carbonyl (C=O) groups excluding carboxylic acids is 2. The minimum Gasteiger partial charge on any atom is -0.497 e. The molecule has 4 aromatic rings. The van der Waals surface area contributed by atoms with Crippen LogP contribution in [-0.4, -0.2) is 57.1 Å². The number of ether oxygens (including phenoxy) is 2. The maximum absolute atomic E-state index is 14.2. The standard InChI is InChI=1S/C28H26FN3O5/c1-35-18-11-12-20(24(17-18)36-2)27(33)30-25-19-7-3-6-10-23(19)37-26(25)28(34)32-15-13-31(14-16-32)22-9-5-4-8-21(22)29/h3-12,17H,13-16H2,1-2H3,(H,30,33). The maximum atomic E-state index is 14.2. The van der Waals surface area contributed by atoms with Gasteiger partial charge < -0.3 is 29.0 Å². The van der Waals surface area contributed by atoms with Gasteiger partial charge in [-0.05, 0) is 36.4 Å². The summed E-state index contributed by atoms with van der Waals surface area (Å²) >= 11 is 0. The quantitative estimate of drug-likeness (QED) is 0.407. The first-order chi connectivity index (χ1) is 18.0. The number of nitrogens with zero attached hydrogens (tertiary/aromatic N) is 2. The number of piperazine rings is 1. The van der Waals surface area contributed by atoms with Gasteiger partial charge in [-0.2, -0.15) is 0 Å². The van der Waals surface area contributed by atoms with Crippen molar-refractivity contribution in [2.24, 2.45) is 0 Å². The molecule has 1 saturated heterocycles. The van der Waals surface area contributed by atoms with Crippen LogP contribution in [0.15, 0.2) is 71.1 Å². The second-order valence-corrected chi connectivity index (χ2v) is 8.55. The molecule has 1 aliphatic heterocycles. The van der Waals surface area contributed by atoms with Crippen LogP contribution in [-0.2, 0) is 0 Å². The van der Waals surface area contributed by atoms with Crippen molar-refractivity contribution >= 4 is 34.2 Å². The van der Waals surface area contributed by atoms with Gasteiger partial charge in [-0.25, -0.2) is 4.39 Å². The van der Waals surface area contributed by atoms with Gasteiger partial charge in [-0.1, -0.05) is 24.3 Å². The van der Waals surface area contributed by atoms with Crippen molar-refractivity contribution in [3.05, 3.63) is 83.9 Å². The minimum atomic E-state index is -0.454. The Morgan fingerprint density at radius 3 is 2.38 bits per heavy atom. The number of para-hydroxylation sites is 2. The Hall–Kier alpha value is -4.53. The van der Waals surface area contributed by atoms with Crippen molar-refractivity contribution in [2.75, 3.05) is 50.6 Å². The monoisotopic (exact) mass is 503 g/mol. The second kappa shape index (κ2) is 10.2.